The van der Waals surface area contributed by atoms with E-state index in [0.717, 1.165) is 30.2 Å². The van der Waals surface area contributed by atoms with Crippen LogP contribution in [-0.2, 0) is 6.42 Å². The third-order valence-corrected chi connectivity index (χ3v) is 3.78. The number of fused-ring (bicyclic) bond motifs is 1. The van der Waals surface area contributed by atoms with E-state index in [1.54, 1.807) is 6.07 Å². The molecule has 3 rings (SSSR count). The largest absolute Gasteiger partial charge is 0.493 e. The third kappa shape index (κ3) is 3.10. The van der Waals surface area contributed by atoms with Crippen molar-refractivity contribution >= 4 is 17.4 Å². The Morgan fingerprint density at radius 1 is 1.33 bits per heavy atom. The van der Waals surface area contributed by atoms with E-state index >= 15 is 0 Å². The van der Waals surface area contributed by atoms with Gasteiger partial charge in [-0.25, -0.2) is 9.97 Å². The van der Waals surface area contributed by atoms with Crippen molar-refractivity contribution < 1.29 is 4.74 Å². The van der Waals surface area contributed by atoms with Gasteiger partial charge in [-0.2, -0.15) is 0 Å². The fraction of sp³-hybridized carbons (Fsp3) is 0.375. The van der Waals surface area contributed by atoms with Crippen LogP contribution >= 0.6 is 11.6 Å². The molecule has 4 nitrogen and oxygen atoms in total. The molecular weight excluding hydrogens is 286 g/mol. The molecule has 1 aromatic carbocycles. The number of nitrogens with zero attached hydrogens (tertiary/aromatic N) is 2. The van der Waals surface area contributed by atoms with Gasteiger partial charge in [0, 0.05) is 24.5 Å². The van der Waals surface area contributed by atoms with E-state index in [9.17, 15) is 0 Å². The van der Waals surface area contributed by atoms with Gasteiger partial charge in [-0.05, 0) is 13.0 Å². The lowest BCUT2D eigenvalue weighted by atomic mass is 9.98. The predicted octanol–water partition coefficient (Wildman–Crippen LogP) is 3.94. The van der Waals surface area contributed by atoms with Crippen LogP contribution in [0.4, 0.5) is 5.82 Å². The Morgan fingerprint density at radius 3 is 3.00 bits per heavy atom. The van der Waals surface area contributed by atoms with Crippen LogP contribution in [0.2, 0.25) is 5.15 Å². The van der Waals surface area contributed by atoms with Crippen LogP contribution in [0, 0.1) is 6.92 Å². The summed E-state index contributed by atoms with van der Waals surface area (Å²) in [5.74, 6) is 2.47. The summed E-state index contributed by atoms with van der Waals surface area (Å²) >= 11 is 6.06. The Bertz CT molecular complexity index is 660. The Morgan fingerprint density at radius 2 is 2.19 bits per heavy atom. The van der Waals surface area contributed by atoms with Crippen molar-refractivity contribution in [2.45, 2.75) is 32.7 Å². The van der Waals surface area contributed by atoms with Crippen molar-refractivity contribution in [2.24, 2.45) is 0 Å². The summed E-state index contributed by atoms with van der Waals surface area (Å²) in [6, 6.07) is 8.21. The summed E-state index contributed by atoms with van der Waals surface area (Å²) in [5, 5.41) is 3.94. The molecule has 0 saturated carbocycles. The number of hydrogen-bond acceptors (Lipinski definition) is 4. The van der Waals surface area contributed by atoms with Gasteiger partial charge in [0.25, 0.3) is 0 Å². The number of nitrogens with one attached hydrogen (secondary N) is 1. The molecule has 0 spiro atoms. The topological polar surface area (TPSA) is 47.0 Å². The molecule has 0 saturated heterocycles. The van der Waals surface area contributed by atoms with Gasteiger partial charge in [-0.15, -0.1) is 0 Å². The zero-order valence-corrected chi connectivity index (χ0v) is 12.9. The SMILES string of the molecule is CCc1nc(Cl)cc(NC2CCOc3ccc(C)cc32)n1. The molecule has 1 aromatic heterocycles. The second kappa shape index (κ2) is 5.90. The lowest BCUT2D eigenvalue weighted by Crippen LogP contribution is -2.21. The van der Waals surface area contributed by atoms with Gasteiger partial charge < -0.3 is 10.1 Å². The first-order chi connectivity index (χ1) is 10.2. The summed E-state index contributed by atoms with van der Waals surface area (Å²) in [6.07, 6.45) is 1.66. The monoisotopic (exact) mass is 303 g/mol. The first-order valence-corrected chi connectivity index (χ1v) is 7.57. The van der Waals surface area contributed by atoms with Crippen LogP contribution in [0.15, 0.2) is 24.3 Å². The molecule has 2 heterocycles. The quantitative estimate of drug-likeness (QED) is 0.873. The zero-order chi connectivity index (χ0) is 14.8. The van der Waals surface area contributed by atoms with E-state index < -0.39 is 0 Å². The second-order valence-corrected chi connectivity index (χ2v) is 5.61. The highest BCUT2D eigenvalue weighted by molar-refractivity contribution is 6.29. The highest BCUT2D eigenvalue weighted by atomic mass is 35.5. The van der Waals surface area contributed by atoms with Crippen LogP contribution in [0.3, 0.4) is 0 Å². The van der Waals surface area contributed by atoms with Crippen molar-refractivity contribution in [2.75, 3.05) is 11.9 Å². The number of ether oxygens (including phenoxy) is 1. The molecule has 1 unspecified atom stereocenters. The fourth-order valence-corrected chi connectivity index (χ4v) is 2.74. The molecule has 1 atom stereocenters. The number of rotatable bonds is 3. The van der Waals surface area contributed by atoms with Gasteiger partial charge in [0.1, 0.15) is 22.5 Å². The van der Waals surface area contributed by atoms with E-state index in [1.807, 2.05) is 13.0 Å². The maximum atomic E-state index is 6.06. The normalized spacial score (nSPS) is 17.0. The van der Waals surface area contributed by atoms with Gasteiger partial charge in [-0.1, -0.05) is 36.2 Å². The van der Waals surface area contributed by atoms with Crippen LogP contribution in [0.25, 0.3) is 0 Å². The van der Waals surface area contributed by atoms with E-state index in [-0.39, 0.29) is 6.04 Å². The summed E-state index contributed by atoms with van der Waals surface area (Å²) < 4.78 is 5.72. The van der Waals surface area contributed by atoms with Crippen molar-refractivity contribution in [1.29, 1.82) is 0 Å². The van der Waals surface area contributed by atoms with Crippen molar-refractivity contribution in [3.8, 4) is 5.75 Å². The average Bonchev–Trinajstić information content (AvgIpc) is 2.47. The van der Waals surface area contributed by atoms with Crippen molar-refractivity contribution in [3.63, 3.8) is 0 Å². The maximum Gasteiger partial charge on any atom is 0.134 e. The molecule has 1 N–H and O–H groups in total. The smallest absolute Gasteiger partial charge is 0.134 e. The van der Waals surface area contributed by atoms with Gasteiger partial charge in [0.05, 0.1) is 12.6 Å². The average molecular weight is 304 g/mol. The number of aromatic nitrogens is 2. The van der Waals surface area contributed by atoms with Gasteiger partial charge >= 0.3 is 0 Å². The molecule has 0 fully saturated rings. The standard InChI is InChI=1S/C16H18ClN3O/c1-3-15-19-14(17)9-16(20-15)18-12-6-7-21-13-5-4-10(2)8-11(12)13/h4-5,8-9,12H,3,6-7H2,1-2H3,(H,18,19,20). The summed E-state index contributed by atoms with van der Waals surface area (Å²) in [7, 11) is 0. The minimum Gasteiger partial charge on any atom is -0.493 e. The van der Waals surface area contributed by atoms with Crippen LogP contribution in [-0.4, -0.2) is 16.6 Å². The second-order valence-electron chi connectivity index (χ2n) is 5.22. The Balaban J connectivity index is 1.90. The Hall–Kier alpha value is -1.81. The minimum atomic E-state index is 0.185. The molecule has 2 aromatic rings. The van der Waals surface area contributed by atoms with Gasteiger partial charge in [-0.3, -0.25) is 0 Å². The van der Waals surface area contributed by atoms with Crippen LogP contribution in [0.5, 0.6) is 5.75 Å². The van der Waals surface area contributed by atoms with Gasteiger partial charge in [0.2, 0.25) is 0 Å². The van der Waals surface area contributed by atoms with E-state index in [4.69, 9.17) is 16.3 Å². The molecule has 21 heavy (non-hydrogen) atoms. The molecule has 110 valence electrons. The number of benzene rings is 1. The van der Waals surface area contributed by atoms with Gasteiger partial charge in [0.15, 0.2) is 0 Å². The minimum absolute atomic E-state index is 0.185. The van der Waals surface area contributed by atoms with Crippen molar-refractivity contribution in [1.82, 2.24) is 9.97 Å². The highest BCUT2D eigenvalue weighted by Gasteiger charge is 2.22. The fourth-order valence-electron chi connectivity index (χ4n) is 2.54. The number of anilines is 1. The number of hydrogen-bond donors (Lipinski definition) is 1. The lowest BCUT2D eigenvalue weighted by Gasteiger charge is -2.27. The van der Waals surface area contributed by atoms with Crippen LogP contribution < -0.4 is 10.1 Å². The zero-order valence-electron chi connectivity index (χ0n) is 12.2. The van der Waals surface area contributed by atoms with Crippen LogP contribution in [0.1, 0.15) is 36.3 Å². The molecule has 1 aliphatic heterocycles. The Labute approximate surface area is 129 Å². The lowest BCUT2D eigenvalue weighted by molar-refractivity contribution is 0.274. The predicted molar refractivity (Wildman–Crippen MR) is 84.1 cm³/mol. The number of halogens is 1. The molecule has 0 bridgehead atoms. The number of aryl methyl sites for hydroxylation is 2. The van der Waals surface area contributed by atoms with E-state index in [2.05, 4.69) is 34.3 Å². The molecule has 0 aliphatic carbocycles. The summed E-state index contributed by atoms with van der Waals surface area (Å²) in [6.45, 7) is 4.80. The van der Waals surface area contributed by atoms with E-state index in [0.29, 0.717) is 11.8 Å². The highest BCUT2D eigenvalue weighted by Crippen LogP contribution is 2.34. The summed E-state index contributed by atoms with van der Waals surface area (Å²) in [4.78, 5) is 8.69. The third-order valence-electron chi connectivity index (χ3n) is 3.58. The summed E-state index contributed by atoms with van der Waals surface area (Å²) in [5.41, 5.74) is 2.40. The van der Waals surface area contributed by atoms with E-state index in [1.165, 1.54) is 11.1 Å². The maximum absolute atomic E-state index is 6.06. The first kappa shape index (κ1) is 14.1. The molecular formula is C16H18ClN3O. The molecule has 0 radical (unpaired) electrons. The van der Waals surface area contributed by atoms with Crippen molar-refractivity contribution in [3.05, 3.63) is 46.4 Å². The molecule has 1 aliphatic rings. The molecule has 0 amide bonds. The Kier molecular flexibility index (Phi) is 3.97. The molecule has 5 heteroatoms. The first-order valence-electron chi connectivity index (χ1n) is 7.19.